The number of rotatable bonds is 4. The lowest BCUT2D eigenvalue weighted by Gasteiger charge is -2.34. The molecular weight excluding hydrogens is 294 g/mol. The molecule has 2 heterocycles. The molecule has 124 valence electrons. The molecule has 0 bridgehead atoms. The van der Waals surface area contributed by atoms with Crippen molar-refractivity contribution < 1.29 is 18.4 Å². The van der Waals surface area contributed by atoms with Crippen molar-refractivity contribution in [1.29, 1.82) is 0 Å². The topological polar surface area (TPSA) is 64.6 Å². The fourth-order valence-corrected chi connectivity index (χ4v) is 3.27. The molecule has 3 rings (SSSR count). The van der Waals surface area contributed by atoms with Crippen LogP contribution in [0, 0.1) is 12.3 Å². The van der Waals surface area contributed by atoms with Gasteiger partial charge < -0.3 is 18.9 Å². The highest BCUT2D eigenvalue weighted by Gasteiger charge is 2.34. The summed E-state index contributed by atoms with van der Waals surface area (Å²) in [6.45, 7) is 7.05. The number of furan rings is 2. The van der Waals surface area contributed by atoms with Gasteiger partial charge in [-0.05, 0) is 37.0 Å². The van der Waals surface area contributed by atoms with Crippen LogP contribution in [0.3, 0.4) is 0 Å². The summed E-state index contributed by atoms with van der Waals surface area (Å²) >= 11 is 0. The normalized spacial score (nSPS) is 19.4. The lowest BCUT2D eigenvalue weighted by Crippen LogP contribution is -2.32. The predicted octanol–water partition coefficient (Wildman–Crippen LogP) is 3.77. The molecule has 0 spiro atoms. The van der Waals surface area contributed by atoms with Gasteiger partial charge in [-0.1, -0.05) is 13.8 Å². The molecular formula is C18H23NO4. The molecule has 1 N–H and O–H groups in total. The van der Waals surface area contributed by atoms with Gasteiger partial charge in [-0.15, -0.1) is 0 Å². The Balaban J connectivity index is 1.72. The SMILES string of the molecule is COC(=O)c1ccc(CNC2CC(C)(C)Cc3oc(C)cc32)o1. The predicted molar refractivity (Wildman–Crippen MR) is 85.2 cm³/mol. The molecule has 1 atom stereocenters. The van der Waals surface area contributed by atoms with E-state index in [1.54, 1.807) is 12.1 Å². The molecule has 1 aliphatic carbocycles. The van der Waals surface area contributed by atoms with Crippen molar-refractivity contribution in [3.8, 4) is 0 Å². The lowest BCUT2D eigenvalue weighted by atomic mass is 9.74. The van der Waals surface area contributed by atoms with Crippen LogP contribution in [0.15, 0.2) is 27.0 Å². The Kier molecular flexibility index (Phi) is 4.06. The van der Waals surface area contributed by atoms with Gasteiger partial charge in [0, 0.05) is 18.0 Å². The number of hydrogen-bond donors (Lipinski definition) is 1. The Bertz CT molecular complexity index is 710. The van der Waals surface area contributed by atoms with Crippen LogP contribution in [0.1, 0.15) is 59.7 Å². The van der Waals surface area contributed by atoms with Crippen molar-refractivity contribution in [2.75, 3.05) is 7.11 Å². The first-order valence-corrected chi connectivity index (χ1v) is 7.87. The molecule has 2 aromatic heterocycles. The zero-order valence-corrected chi connectivity index (χ0v) is 14.1. The van der Waals surface area contributed by atoms with Crippen LogP contribution < -0.4 is 5.32 Å². The first kappa shape index (κ1) is 15.9. The van der Waals surface area contributed by atoms with E-state index in [1.807, 2.05) is 6.92 Å². The smallest absolute Gasteiger partial charge is 0.373 e. The van der Waals surface area contributed by atoms with E-state index in [0.29, 0.717) is 6.54 Å². The van der Waals surface area contributed by atoms with E-state index in [-0.39, 0.29) is 17.2 Å². The molecule has 0 radical (unpaired) electrons. The fourth-order valence-electron chi connectivity index (χ4n) is 3.27. The number of nitrogens with one attached hydrogen (secondary N) is 1. The number of esters is 1. The van der Waals surface area contributed by atoms with Crippen LogP contribution in [-0.4, -0.2) is 13.1 Å². The van der Waals surface area contributed by atoms with Crippen molar-refractivity contribution in [2.24, 2.45) is 5.41 Å². The maximum atomic E-state index is 11.4. The number of aryl methyl sites for hydroxylation is 1. The largest absolute Gasteiger partial charge is 0.466 e. The van der Waals surface area contributed by atoms with Crippen molar-refractivity contribution >= 4 is 5.97 Å². The highest BCUT2D eigenvalue weighted by molar-refractivity contribution is 5.86. The zero-order valence-electron chi connectivity index (χ0n) is 14.1. The monoisotopic (exact) mass is 317 g/mol. The van der Waals surface area contributed by atoms with Gasteiger partial charge in [0.05, 0.1) is 13.7 Å². The maximum absolute atomic E-state index is 11.4. The van der Waals surface area contributed by atoms with Crippen molar-refractivity contribution in [2.45, 2.75) is 46.2 Å². The quantitative estimate of drug-likeness (QED) is 0.870. The van der Waals surface area contributed by atoms with Crippen LogP contribution in [0.5, 0.6) is 0 Å². The molecule has 2 aromatic rings. The van der Waals surface area contributed by atoms with E-state index in [4.69, 9.17) is 8.83 Å². The number of ether oxygens (including phenoxy) is 1. The molecule has 0 aliphatic heterocycles. The highest BCUT2D eigenvalue weighted by Crippen LogP contribution is 2.42. The third-order valence-corrected chi connectivity index (χ3v) is 4.31. The summed E-state index contributed by atoms with van der Waals surface area (Å²) in [6.07, 6.45) is 1.99. The van der Waals surface area contributed by atoms with Gasteiger partial charge in [0.1, 0.15) is 17.3 Å². The number of fused-ring (bicyclic) bond motifs is 1. The van der Waals surface area contributed by atoms with E-state index < -0.39 is 5.97 Å². The molecule has 1 aliphatic rings. The van der Waals surface area contributed by atoms with E-state index in [0.717, 1.165) is 30.1 Å². The maximum Gasteiger partial charge on any atom is 0.373 e. The Morgan fingerprint density at radius 1 is 1.39 bits per heavy atom. The van der Waals surface area contributed by atoms with Crippen molar-refractivity contribution in [3.63, 3.8) is 0 Å². The van der Waals surface area contributed by atoms with E-state index >= 15 is 0 Å². The van der Waals surface area contributed by atoms with Crippen LogP contribution in [0.25, 0.3) is 0 Å². The standard InChI is InChI=1S/C18H23NO4/c1-11-7-13-14(8-18(2,3)9-16(13)22-11)19-10-12-5-6-15(23-12)17(20)21-4/h5-7,14,19H,8-10H2,1-4H3. The van der Waals surface area contributed by atoms with Crippen LogP contribution in [-0.2, 0) is 17.7 Å². The highest BCUT2D eigenvalue weighted by atomic mass is 16.5. The summed E-state index contributed by atoms with van der Waals surface area (Å²) in [7, 11) is 1.34. The van der Waals surface area contributed by atoms with Crippen LogP contribution >= 0.6 is 0 Å². The minimum absolute atomic E-state index is 0.190. The summed E-state index contributed by atoms with van der Waals surface area (Å²) < 4.78 is 16.0. The number of hydrogen-bond acceptors (Lipinski definition) is 5. The van der Waals surface area contributed by atoms with Crippen molar-refractivity contribution in [3.05, 3.63) is 46.8 Å². The van der Waals surface area contributed by atoms with Gasteiger partial charge in [-0.2, -0.15) is 0 Å². The van der Waals surface area contributed by atoms with Gasteiger partial charge in [-0.25, -0.2) is 4.79 Å². The molecule has 0 fully saturated rings. The molecule has 0 saturated carbocycles. The Hall–Kier alpha value is -2.01. The Labute approximate surface area is 136 Å². The molecule has 5 nitrogen and oxygen atoms in total. The van der Waals surface area contributed by atoms with Crippen molar-refractivity contribution in [1.82, 2.24) is 5.32 Å². The first-order valence-electron chi connectivity index (χ1n) is 7.87. The second-order valence-corrected chi connectivity index (χ2v) is 6.97. The van der Waals surface area contributed by atoms with E-state index in [9.17, 15) is 4.79 Å². The third-order valence-electron chi connectivity index (χ3n) is 4.31. The molecule has 1 unspecified atom stereocenters. The second kappa shape index (κ2) is 5.89. The van der Waals surface area contributed by atoms with Gasteiger partial charge in [-0.3, -0.25) is 0 Å². The second-order valence-electron chi connectivity index (χ2n) is 6.97. The van der Waals surface area contributed by atoms with Gasteiger partial charge in [0.25, 0.3) is 0 Å². The molecule has 0 amide bonds. The molecule has 5 heteroatoms. The summed E-state index contributed by atoms with van der Waals surface area (Å²) in [5, 5.41) is 3.53. The first-order chi connectivity index (χ1) is 10.9. The van der Waals surface area contributed by atoms with Crippen LogP contribution in [0.2, 0.25) is 0 Å². The van der Waals surface area contributed by atoms with Gasteiger partial charge in [0.2, 0.25) is 5.76 Å². The summed E-state index contributed by atoms with van der Waals surface area (Å²) in [4.78, 5) is 11.4. The summed E-state index contributed by atoms with van der Waals surface area (Å²) in [5.74, 6) is 2.52. The van der Waals surface area contributed by atoms with Gasteiger partial charge >= 0.3 is 5.97 Å². The number of carbonyl (C=O) groups is 1. The fraction of sp³-hybridized carbons (Fsp3) is 0.500. The number of carbonyl (C=O) groups excluding carboxylic acids is 1. The summed E-state index contributed by atoms with van der Waals surface area (Å²) in [6, 6.07) is 5.78. The average molecular weight is 317 g/mol. The minimum Gasteiger partial charge on any atom is -0.466 e. The van der Waals surface area contributed by atoms with E-state index in [1.165, 1.54) is 12.7 Å². The lowest BCUT2D eigenvalue weighted by molar-refractivity contribution is 0.0562. The Morgan fingerprint density at radius 3 is 2.91 bits per heavy atom. The van der Waals surface area contributed by atoms with E-state index in [2.05, 4.69) is 30.0 Å². The zero-order chi connectivity index (χ0) is 16.6. The molecule has 0 aromatic carbocycles. The number of methoxy groups -OCH3 is 1. The van der Waals surface area contributed by atoms with Crippen LogP contribution in [0.4, 0.5) is 0 Å². The average Bonchev–Trinajstić information content (AvgIpc) is 3.08. The third kappa shape index (κ3) is 3.34. The van der Waals surface area contributed by atoms with Gasteiger partial charge in [0.15, 0.2) is 0 Å². The molecule has 0 saturated heterocycles. The minimum atomic E-state index is -0.456. The Morgan fingerprint density at radius 2 is 2.17 bits per heavy atom. The molecule has 23 heavy (non-hydrogen) atoms. The summed E-state index contributed by atoms with van der Waals surface area (Å²) in [5.41, 5.74) is 1.43.